The van der Waals surface area contributed by atoms with Crippen LogP contribution in [0.3, 0.4) is 0 Å². The van der Waals surface area contributed by atoms with E-state index in [1.807, 2.05) is 0 Å². The van der Waals surface area contributed by atoms with Gasteiger partial charge in [-0.05, 0) is 50.8 Å². The minimum absolute atomic E-state index is 0.0645. The highest BCUT2D eigenvalue weighted by atomic mass is 19.4. The van der Waals surface area contributed by atoms with E-state index >= 15 is 0 Å². The van der Waals surface area contributed by atoms with Gasteiger partial charge < -0.3 is 14.8 Å². The molecule has 1 fully saturated rings. The fourth-order valence-corrected chi connectivity index (χ4v) is 2.44. The number of alkyl halides is 3. The van der Waals surface area contributed by atoms with Gasteiger partial charge in [-0.1, -0.05) is 0 Å². The topological polar surface area (TPSA) is 47.6 Å². The third-order valence-electron chi connectivity index (χ3n) is 4.07. The highest BCUT2D eigenvalue weighted by Crippen LogP contribution is 2.42. The normalized spacial score (nSPS) is 17.5. The Balaban J connectivity index is 2.25. The molecule has 1 N–H and O–H groups in total. The molecule has 1 aliphatic rings. The van der Waals surface area contributed by atoms with Gasteiger partial charge in [0.2, 0.25) is 0 Å². The quantitative estimate of drug-likeness (QED) is 0.861. The van der Waals surface area contributed by atoms with E-state index < -0.39 is 23.2 Å². The van der Waals surface area contributed by atoms with Crippen LogP contribution >= 0.6 is 0 Å². The van der Waals surface area contributed by atoms with Gasteiger partial charge in [0.05, 0.1) is 12.2 Å². The van der Waals surface area contributed by atoms with Crippen molar-refractivity contribution in [2.75, 3.05) is 19.0 Å². The van der Waals surface area contributed by atoms with Crippen molar-refractivity contribution in [1.29, 1.82) is 0 Å². The van der Waals surface area contributed by atoms with Gasteiger partial charge in [0.25, 0.3) is 5.91 Å². The number of carbonyl (C=O) groups excluding carboxylic acids is 1. The van der Waals surface area contributed by atoms with Gasteiger partial charge in [-0.3, -0.25) is 4.79 Å². The molecule has 0 bridgehead atoms. The molecular formula is C16H20F3NO3. The maximum absolute atomic E-state index is 13.1. The number of rotatable bonds is 6. The second-order valence-corrected chi connectivity index (χ2v) is 5.68. The predicted molar refractivity (Wildman–Crippen MR) is 79.4 cm³/mol. The average Bonchev–Trinajstić information content (AvgIpc) is 3.32. The Labute approximate surface area is 133 Å². The van der Waals surface area contributed by atoms with Gasteiger partial charge in [-0.2, -0.15) is 13.2 Å². The summed E-state index contributed by atoms with van der Waals surface area (Å²) in [6, 6.07) is 3.48. The van der Waals surface area contributed by atoms with Crippen LogP contribution in [0.4, 0.5) is 18.9 Å². The van der Waals surface area contributed by atoms with Crippen LogP contribution in [0, 0.1) is 5.92 Å². The molecule has 0 aliphatic heterocycles. The minimum Gasteiger partial charge on any atom is -0.493 e. The second kappa shape index (κ2) is 6.39. The summed E-state index contributed by atoms with van der Waals surface area (Å²) < 4.78 is 49.6. The van der Waals surface area contributed by atoms with Crippen molar-refractivity contribution < 1.29 is 27.4 Å². The summed E-state index contributed by atoms with van der Waals surface area (Å²) in [4.78, 5) is 12.4. The van der Waals surface area contributed by atoms with E-state index in [1.54, 1.807) is 13.8 Å². The molecule has 1 atom stereocenters. The molecule has 1 aliphatic carbocycles. The standard InChI is InChI=1S/C16H20F3NO3/c1-4-23-13-8-7-11(9-12(13)16(17,18)19)20-14(21)15(2,22-3)10-5-6-10/h7-10H,4-6H2,1-3H3,(H,20,21)/t15-/m0/s1. The molecular weight excluding hydrogens is 311 g/mol. The number of halogens is 3. The van der Waals surface area contributed by atoms with Gasteiger partial charge in [0.1, 0.15) is 11.4 Å². The summed E-state index contributed by atoms with van der Waals surface area (Å²) in [5.74, 6) is -0.605. The first-order valence-electron chi connectivity index (χ1n) is 7.43. The van der Waals surface area contributed by atoms with Gasteiger partial charge in [0.15, 0.2) is 0 Å². The highest BCUT2D eigenvalue weighted by molar-refractivity contribution is 5.97. The monoisotopic (exact) mass is 331 g/mol. The zero-order chi connectivity index (χ0) is 17.3. The maximum Gasteiger partial charge on any atom is 0.420 e. The van der Waals surface area contributed by atoms with Crippen LogP contribution < -0.4 is 10.1 Å². The first-order valence-corrected chi connectivity index (χ1v) is 7.43. The molecule has 0 unspecified atom stereocenters. The van der Waals surface area contributed by atoms with E-state index in [2.05, 4.69) is 5.32 Å². The van der Waals surface area contributed by atoms with Crippen molar-refractivity contribution in [2.45, 2.75) is 38.5 Å². The third kappa shape index (κ3) is 3.77. The molecule has 0 saturated heterocycles. The van der Waals surface area contributed by atoms with E-state index in [0.29, 0.717) is 0 Å². The molecule has 1 saturated carbocycles. The summed E-state index contributed by atoms with van der Waals surface area (Å²) in [6.45, 7) is 3.38. The average molecular weight is 331 g/mol. The van der Waals surface area contributed by atoms with Crippen molar-refractivity contribution in [2.24, 2.45) is 5.92 Å². The van der Waals surface area contributed by atoms with Crippen LogP contribution in [0.5, 0.6) is 5.75 Å². The Morgan fingerprint density at radius 3 is 2.48 bits per heavy atom. The summed E-state index contributed by atoms with van der Waals surface area (Å²) in [6.07, 6.45) is -2.82. The van der Waals surface area contributed by atoms with Crippen molar-refractivity contribution in [1.82, 2.24) is 0 Å². The lowest BCUT2D eigenvalue weighted by molar-refractivity contribution is -0.139. The molecule has 0 heterocycles. The smallest absolute Gasteiger partial charge is 0.420 e. The number of anilines is 1. The van der Waals surface area contributed by atoms with E-state index in [4.69, 9.17) is 9.47 Å². The van der Waals surface area contributed by atoms with Gasteiger partial charge >= 0.3 is 6.18 Å². The number of amides is 1. The van der Waals surface area contributed by atoms with Crippen molar-refractivity contribution >= 4 is 11.6 Å². The molecule has 2 rings (SSSR count). The number of carbonyl (C=O) groups is 1. The molecule has 0 aromatic heterocycles. The molecule has 128 valence electrons. The van der Waals surface area contributed by atoms with Crippen LogP contribution in [0.1, 0.15) is 32.3 Å². The zero-order valence-electron chi connectivity index (χ0n) is 13.3. The zero-order valence-corrected chi connectivity index (χ0v) is 13.3. The predicted octanol–water partition coefficient (Wildman–Crippen LogP) is 3.86. The van der Waals surface area contributed by atoms with Crippen molar-refractivity contribution in [3.63, 3.8) is 0 Å². The Kier molecular flexibility index (Phi) is 4.89. The van der Waals surface area contributed by atoms with Crippen LogP contribution in [-0.2, 0) is 15.7 Å². The van der Waals surface area contributed by atoms with Crippen LogP contribution in [0.15, 0.2) is 18.2 Å². The third-order valence-corrected chi connectivity index (χ3v) is 4.07. The molecule has 0 radical (unpaired) electrons. The molecule has 4 nitrogen and oxygen atoms in total. The van der Waals surface area contributed by atoms with Gasteiger partial charge in [-0.15, -0.1) is 0 Å². The lowest BCUT2D eigenvalue weighted by Crippen LogP contribution is -2.44. The number of nitrogens with one attached hydrogen (secondary N) is 1. The Morgan fingerprint density at radius 1 is 1.35 bits per heavy atom. The van der Waals surface area contributed by atoms with Crippen molar-refractivity contribution in [3.05, 3.63) is 23.8 Å². The summed E-state index contributed by atoms with van der Waals surface area (Å²) in [7, 11) is 1.43. The lowest BCUT2D eigenvalue weighted by atomic mass is 9.99. The van der Waals surface area contributed by atoms with Gasteiger partial charge in [-0.25, -0.2) is 0 Å². The largest absolute Gasteiger partial charge is 0.493 e. The number of ether oxygens (including phenoxy) is 2. The van der Waals surface area contributed by atoms with Gasteiger partial charge in [0, 0.05) is 12.8 Å². The first-order chi connectivity index (χ1) is 10.7. The second-order valence-electron chi connectivity index (χ2n) is 5.68. The first kappa shape index (κ1) is 17.6. The molecule has 0 spiro atoms. The maximum atomic E-state index is 13.1. The van der Waals surface area contributed by atoms with Crippen LogP contribution in [0.25, 0.3) is 0 Å². The highest BCUT2D eigenvalue weighted by Gasteiger charge is 2.47. The van der Waals surface area contributed by atoms with Crippen LogP contribution in [-0.4, -0.2) is 25.2 Å². The van der Waals surface area contributed by atoms with E-state index in [1.165, 1.54) is 19.2 Å². The Hall–Kier alpha value is -1.76. The fourth-order valence-electron chi connectivity index (χ4n) is 2.44. The summed E-state index contributed by atoms with van der Waals surface area (Å²) in [5, 5.41) is 2.52. The molecule has 1 aromatic carbocycles. The summed E-state index contributed by atoms with van der Waals surface area (Å²) in [5.41, 5.74) is -1.88. The fraction of sp³-hybridized carbons (Fsp3) is 0.562. The molecule has 1 aromatic rings. The molecule has 1 amide bonds. The lowest BCUT2D eigenvalue weighted by Gasteiger charge is -2.27. The Morgan fingerprint density at radius 2 is 2.00 bits per heavy atom. The van der Waals surface area contributed by atoms with Crippen molar-refractivity contribution in [3.8, 4) is 5.75 Å². The van der Waals surface area contributed by atoms with E-state index in [9.17, 15) is 18.0 Å². The summed E-state index contributed by atoms with van der Waals surface area (Å²) >= 11 is 0. The number of benzene rings is 1. The number of hydrogen-bond acceptors (Lipinski definition) is 3. The van der Waals surface area contributed by atoms with E-state index in [0.717, 1.165) is 18.9 Å². The Bertz CT molecular complexity index is 584. The SMILES string of the molecule is CCOc1ccc(NC(=O)[C@@](C)(OC)C2CC2)cc1C(F)(F)F. The minimum atomic E-state index is -4.56. The number of methoxy groups -OCH3 is 1. The number of hydrogen-bond donors (Lipinski definition) is 1. The van der Waals surface area contributed by atoms with Crippen LogP contribution in [0.2, 0.25) is 0 Å². The van der Waals surface area contributed by atoms with E-state index in [-0.39, 0.29) is 24.0 Å². The molecule has 7 heteroatoms. The molecule has 23 heavy (non-hydrogen) atoms.